The number of aromatic nitrogens is 3. The summed E-state index contributed by atoms with van der Waals surface area (Å²) < 4.78 is 29.0. The van der Waals surface area contributed by atoms with Crippen LogP contribution in [-0.2, 0) is 28.9 Å². The number of carbonyl (C=O) groups is 5. The molecule has 3 atom stereocenters. The summed E-state index contributed by atoms with van der Waals surface area (Å²) in [6, 6.07) is 12.1. The molecular formula is C52H56N10O7S. The largest absolute Gasteiger partial charge is 0.480 e. The highest BCUT2D eigenvalue weighted by molar-refractivity contribution is 7.14. The molecule has 17 nitrogen and oxygen atoms in total. The van der Waals surface area contributed by atoms with Gasteiger partial charge in [0, 0.05) is 91.9 Å². The molecule has 0 radical (unpaired) electrons. The van der Waals surface area contributed by atoms with Crippen molar-refractivity contribution in [2.45, 2.75) is 95.9 Å². The lowest BCUT2D eigenvalue weighted by Gasteiger charge is -2.46. The Labute approximate surface area is 414 Å². The predicted octanol–water partition coefficient (Wildman–Crippen LogP) is 6.07. The van der Waals surface area contributed by atoms with Crippen LogP contribution in [0.2, 0.25) is 0 Å². The number of hydrogen-bond acceptors (Lipinski definition) is 15. The predicted molar refractivity (Wildman–Crippen MR) is 265 cm³/mol. The fourth-order valence-electron chi connectivity index (χ4n) is 11.4. The van der Waals surface area contributed by atoms with Crippen LogP contribution < -0.4 is 30.1 Å². The Kier molecular flexibility index (Phi) is 11.2. The number of carbonyl (C=O) groups excluding carboxylic acids is 5. The van der Waals surface area contributed by atoms with Crippen LogP contribution in [0, 0.1) is 0 Å². The minimum atomic E-state index is -2.79. The van der Waals surface area contributed by atoms with Crippen molar-refractivity contribution in [3.05, 3.63) is 98.6 Å². The average molecular weight is 968 g/mol. The average Bonchev–Trinajstić information content (AvgIpc) is 3.88. The van der Waals surface area contributed by atoms with Gasteiger partial charge in [0.1, 0.15) is 23.4 Å². The topological polar surface area (TPSA) is 194 Å². The Hall–Kier alpha value is -6.76. The van der Waals surface area contributed by atoms with Gasteiger partial charge in [0.05, 0.1) is 45.1 Å². The summed E-state index contributed by atoms with van der Waals surface area (Å²) in [7, 11) is -2.79. The molecule has 70 heavy (non-hydrogen) atoms. The third-order valence-electron chi connectivity index (χ3n) is 15.0. The second-order valence-corrected chi connectivity index (χ2v) is 20.2. The SMILES string of the molecule is [2H]C([2H])([2H])Oc1ncc(-c2ccnc(N3CCc4c(sc5c4CCCC5)C3=O)c2[C@@H](C)O)cc1Nc1ccc(N2CCN(C3CCN(c4ccc5c(c4)C(=O)N(C4CCC(=O)NC4=O)C5=O)CC3)C[C@@H]2C)cn1. The molecule has 5 amide bonds. The molecule has 1 unspecified atom stereocenters. The van der Waals surface area contributed by atoms with Gasteiger partial charge in [0.25, 0.3) is 17.7 Å². The van der Waals surface area contributed by atoms with Crippen LogP contribution in [0.15, 0.2) is 61.1 Å². The lowest BCUT2D eigenvalue weighted by atomic mass is 9.91. The van der Waals surface area contributed by atoms with Gasteiger partial charge in [0.2, 0.25) is 17.7 Å². The fraction of sp³-hybridized carbons (Fsp3) is 0.423. The zero-order chi connectivity index (χ0) is 50.9. The van der Waals surface area contributed by atoms with E-state index >= 15 is 0 Å². The number of thiophene rings is 1. The minimum absolute atomic E-state index is 0.0689. The normalized spacial score (nSPS) is 22.2. The van der Waals surface area contributed by atoms with Crippen molar-refractivity contribution in [1.29, 1.82) is 0 Å². The van der Waals surface area contributed by atoms with Crippen LogP contribution in [0.25, 0.3) is 11.1 Å². The quantitative estimate of drug-likeness (QED) is 0.137. The molecule has 3 saturated heterocycles. The Balaban J connectivity index is 0.746. The monoisotopic (exact) mass is 967 g/mol. The summed E-state index contributed by atoms with van der Waals surface area (Å²) in [4.78, 5) is 90.8. The van der Waals surface area contributed by atoms with Crippen LogP contribution in [0.4, 0.5) is 28.7 Å². The fourth-order valence-corrected chi connectivity index (χ4v) is 12.8. The maximum atomic E-state index is 14.1. The summed E-state index contributed by atoms with van der Waals surface area (Å²) in [5.74, 6) is -1.53. The molecule has 18 heteroatoms. The number of benzene rings is 1. The van der Waals surface area contributed by atoms with Gasteiger partial charge in [-0.25, -0.2) is 15.0 Å². The molecule has 11 rings (SSSR count). The lowest BCUT2D eigenvalue weighted by molar-refractivity contribution is -0.136. The van der Waals surface area contributed by atoms with Gasteiger partial charge in [0.15, 0.2) is 0 Å². The number of nitrogens with zero attached hydrogens (tertiary/aromatic N) is 8. The van der Waals surface area contributed by atoms with Crippen molar-refractivity contribution >= 4 is 69.6 Å². The van der Waals surface area contributed by atoms with E-state index in [2.05, 4.69) is 42.2 Å². The van der Waals surface area contributed by atoms with Crippen molar-refractivity contribution in [3.8, 4) is 17.0 Å². The van der Waals surface area contributed by atoms with Crippen LogP contribution in [-0.4, -0.2) is 124 Å². The van der Waals surface area contributed by atoms with Crippen LogP contribution >= 0.6 is 11.3 Å². The molecule has 9 heterocycles. The molecule has 0 bridgehead atoms. The van der Waals surface area contributed by atoms with Gasteiger partial charge in [-0.1, -0.05) is 0 Å². The van der Waals surface area contributed by atoms with Gasteiger partial charge in [-0.3, -0.25) is 44.0 Å². The molecule has 3 fully saturated rings. The van der Waals surface area contributed by atoms with E-state index in [1.807, 2.05) is 18.2 Å². The summed E-state index contributed by atoms with van der Waals surface area (Å²) in [6.07, 6.45) is 10.9. The molecule has 1 aromatic carbocycles. The first-order valence-electron chi connectivity index (χ1n) is 25.8. The van der Waals surface area contributed by atoms with E-state index in [4.69, 9.17) is 13.8 Å². The summed E-state index contributed by atoms with van der Waals surface area (Å²) in [6.45, 7) is 8.29. The van der Waals surface area contributed by atoms with Crippen LogP contribution in [0.5, 0.6) is 5.88 Å². The van der Waals surface area contributed by atoms with Gasteiger partial charge < -0.3 is 25.0 Å². The molecular weight excluding hydrogens is 909 g/mol. The molecule has 1 aliphatic carbocycles. The molecule has 3 N–H and O–H groups in total. The zero-order valence-corrected chi connectivity index (χ0v) is 39.9. The molecule has 6 aliphatic rings. The highest BCUT2D eigenvalue weighted by Gasteiger charge is 2.45. The number of fused-ring (bicyclic) bond motifs is 4. The van der Waals surface area contributed by atoms with Crippen molar-refractivity contribution in [2.24, 2.45) is 0 Å². The van der Waals surface area contributed by atoms with Crippen LogP contribution in [0.1, 0.15) is 115 Å². The molecule has 362 valence electrons. The van der Waals surface area contributed by atoms with Gasteiger partial charge in [-0.2, -0.15) is 0 Å². The maximum Gasteiger partial charge on any atom is 0.269 e. The molecule has 5 aliphatic heterocycles. The van der Waals surface area contributed by atoms with E-state index < -0.39 is 42.8 Å². The number of aryl methyl sites for hydroxylation is 1. The van der Waals surface area contributed by atoms with Crippen molar-refractivity contribution in [3.63, 3.8) is 0 Å². The first kappa shape index (κ1) is 42.1. The molecule has 4 aromatic heterocycles. The number of amides is 5. The maximum absolute atomic E-state index is 14.1. The number of pyridine rings is 3. The third-order valence-corrected chi connectivity index (χ3v) is 16.3. The number of nitrogens with one attached hydrogen (secondary N) is 2. The van der Waals surface area contributed by atoms with E-state index in [1.54, 1.807) is 59.8 Å². The molecule has 0 spiro atoms. The van der Waals surface area contributed by atoms with Gasteiger partial charge in [-0.15, -0.1) is 11.3 Å². The van der Waals surface area contributed by atoms with Gasteiger partial charge >= 0.3 is 0 Å². The third kappa shape index (κ3) is 8.14. The first-order valence-corrected chi connectivity index (χ1v) is 25.1. The molecule has 5 aromatic rings. The minimum Gasteiger partial charge on any atom is -0.480 e. The number of imide groups is 2. The van der Waals surface area contributed by atoms with E-state index in [1.165, 1.54) is 16.6 Å². The number of aliphatic hydroxyl groups excluding tert-OH is 1. The second kappa shape index (κ2) is 18.5. The molecule has 0 saturated carbocycles. The van der Waals surface area contributed by atoms with E-state index in [0.717, 1.165) is 98.0 Å². The van der Waals surface area contributed by atoms with Crippen molar-refractivity contribution in [2.75, 3.05) is 66.3 Å². The summed E-state index contributed by atoms with van der Waals surface area (Å²) in [5.41, 5.74) is 6.66. The number of methoxy groups -OCH3 is 1. The van der Waals surface area contributed by atoms with E-state index in [0.29, 0.717) is 47.3 Å². The summed E-state index contributed by atoms with van der Waals surface area (Å²) >= 11 is 1.59. The van der Waals surface area contributed by atoms with Crippen molar-refractivity contribution in [1.82, 2.24) is 30.1 Å². The Morgan fingerprint density at radius 3 is 2.41 bits per heavy atom. The Bertz CT molecular complexity index is 3050. The van der Waals surface area contributed by atoms with E-state index in [-0.39, 0.29) is 47.5 Å². The Morgan fingerprint density at radius 2 is 1.64 bits per heavy atom. The summed E-state index contributed by atoms with van der Waals surface area (Å²) in [5, 5.41) is 16.8. The smallest absolute Gasteiger partial charge is 0.269 e. The number of aliphatic hydroxyl groups is 1. The highest BCUT2D eigenvalue weighted by Crippen LogP contribution is 2.42. The zero-order valence-electron chi connectivity index (χ0n) is 42.1. The lowest BCUT2D eigenvalue weighted by Crippen LogP contribution is -2.57. The number of ether oxygens (including phenoxy) is 1. The van der Waals surface area contributed by atoms with Crippen LogP contribution in [0.3, 0.4) is 0 Å². The second-order valence-electron chi connectivity index (χ2n) is 19.1. The standard InChI is InChI=1S/C52H56N10O7S/c1-29-28-59(32-15-19-58(20-16-32)33-8-10-38-39(25-33)51(67)62(50(38)66)41-11-13-44(64)57-48(41)65)22-23-60(29)34-9-12-43(54-27-34)56-40-24-31(26-55-49(40)69-3)35-14-18-53-47(45(35)30(2)63)61-21-17-37-36-6-4-5-7-42(36)70-46(37)52(61)68/h8-10,12,14,18,24-27,29-30,32,41,63H,4-7,11,13,15-17,19-23,28H2,1-3H3,(H,54,56)(H,57,64,65)/t29-,30+,41?/m0/s1/i3D3. The van der Waals surface area contributed by atoms with Crippen molar-refractivity contribution < 1.29 is 37.9 Å². The Morgan fingerprint density at radius 1 is 0.829 bits per heavy atom. The first-order chi connectivity index (χ1) is 35.1. The number of piperazine rings is 1. The highest BCUT2D eigenvalue weighted by atomic mass is 32.1. The number of hydrogen-bond donors (Lipinski definition) is 3. The number of anilines is 5. The number of piperidine rings is 2. The van der Waals surface area contributed by atoms with Gasteiger partial charge in [-0.05, 0) is 124 Å². The van der Waals surface area contributed by atoms with E-state index in [9.17, 15) is 29.1 Å². The number of rotatable bonds is 10.